The minimum Gasteiger partial charge on any atom is -0.466 e. The molecule has 0 aromatic heterocycles. The zero-order chi connectivity index (χ0) is 25.4. The zero-order valence-corrected chi connectivity index (χ0v) is 21.4. The molecule has 1 saturated heterocycles. The molecule has 10 heteroatoms. The summed E-state index contributed by atoms with van der Waals surface area (Å²) in [4.78, 5) is 39.2. The van der Waals surface area contributed by atoms with Crippen LogP contribution in [0.15, 0.2) is 52.3 Å². The van der Waals surface area contributed by atoms with Crippen molar-refractivity contribution in [2.24, 2.45) is 0 Å². The fourth-order valence-corrected chi connectivity index (χ4v) is 4.94. The largest absolute Gasteiger partial charge is 0.466 e. The van der Waals surface area contributed by atoms with Gasteiger partial charge in [0.1, 0.15) is 12.2 Å². The summed E-state index contributed by atoms with van der Waals surface area (Å²) in [6, 6.07) is 9.55. The van der Waals surface area contributed by atoms with Crippen molar-refractivity contribution in [3.8, 4) is 0 Å². The summed E-state index contributed by atoms with van der Waals surface area (Å²) in [6.07, 6.45) is 3.95. The van der Waals surface area contributed by atoms with Crippen molar-refractivity contribution in [3.63, 3.8) is 0 Å². The van der Waals surface area contributed by atoms with Crippen molar-refractivity contribution in [2.45, 2.75) is 42.0 Å². The van der Waals surface area contributed by atoms with Gasteiger partial charge in [0.05, 0.1) is 16.7 Å². The summed E-state index contributed by atoms with van der Waals surface area (Å²) in [5.74, 6) is -1.41. The number of likely N-dealkylation sites (tertiary alicyclic amines) is 1. The lowest BCUT2D eigenvalue weighted by Crippen LogP contribution is -2.46. The fraction of sp³-hybridized carbons (Fsp3) is 0.320. The van der Waals surface area contributed by atoms with Crippen LogP contribution in [-0.2, 0) is 19.1 Å². The first-order valence-electron chi connectivity index (χ1n) is 11.1. The maximum Gasteiger partial charge on any atom is 0.315 e. The predicted octanol–water partition coefficient (Wildman–Crippen LogP) is 5.36. The highest BCUT2D eigenvalue weighted by Gasteiger charge is 2.23. The molecule has 0 bridgehead atoms. The van der Waals surface area contributed by atoms with Crippen LogP contribution < -0.4 is 5.32 Å². The van der Waals surface area contributed by atoms with Crippen molar-refractivity contribution < 1.29 is 23.5 Å². The number of piperidine rings is 1. The Bertz CT molecular complexity index is 1100. The van der Waals surface area contributed by atoms with Crippen molar-refractivity contribution in [1.29, 1.82) is 0 Å². The van der Waals surface area contributed by atoms with Crippen LogP contribution in [0.1, 0.15) is 31.7 Å². The lowest BCUT2D eigenvalue weighted by atomic mass is 10.0. The van der Waals surface area contributed by atoms with E-state index in [1.54, 1.807) is 42.2 Å². The Morgan fingerprint density at radius 3 is 2.46 bits per heavy atom. The molecule has 0 saturated carbocycles. The number of carbonyl (C=O) groups is 3. The Labute approximate surface area is 217 Å². The molecular weight excluding hydrogens is 514 g/mol. The van der Waals surface area contributed by atoms with Crippen LogP contribution in [0.4, 0.5) is 4.39 Å². The molecule has 186 valence electrons. The van der Waals surface area contributed by atoms with Crippen LogP contribution in [-0.4, -0.2) is 48.4 Å². The van der Waals surface area contributed by atoms with Gasteiger partial charge < -0.3 is 15.0 Å². The van der Waals surface area contributed by atoms with Crippen LogP contribution in [0.2, 0.25) is 10.0 Å². The molecule has 0 radical (unpaired) electrons. The number of nitrogens with one attached hydrogen (secondary N) is 1. The molecule has 35 heavy (non-hydrogen) atoms. The third-order valence-electron chi connectivity index (χ3n) is 5.31. The van der Waals surface area contributed by atoms with Crippen LogP contribution in [0, 0.1) is 5.82 Å². The van der Waals surface area contributed by atoms with E-state index in [9.17, 15) is 18.8 Å². The number of carbonyl (C=O) groups excluding carboxylic acids is 3. The number of rotatable bonds is 8. The van der Waals surface area contributed by atoms with Gasteiger partial charge in [-0.2, -0.15) is 0 Å². The standard InChI is InChI=1S/C25H25Cl2FN2O4S/c1-2-34-23(33)15-21(31)29-18-11-13-30(14-12-18)22(32)10-4-16-3-9-20(25(27)24(16)26)35-19-7-5-17(28)6-8-19/h3-10,18H,2,11-15H2,1H3,(H,29,31). The molecule has 1 heterocycles. The van der Waals surface area contributed by atoms with Crippen LogP contribution >= 0.6 is 35.0 Å². The summed E-state index contributed by atoms with van der Waals surface area (Å²) in [5.41, 5.74) is 0.606. The number of esters is 1. The first-order valence-corrected chi connectivity index (χ1v) is 12.7. The molecule has 1 aliphatic rings. The molecular formula is C25H25Cl2FN2O4S. The first-order chi connectivity index (χ1) is 16.8. The molecule has 1 fully saturated rings. The highest BCUT2D eigenvalue weighted by molar-refractivity contribution is 7.99. The summed E-state index contributed by atoms with van der Waals surface area (Å²) in [7, 11) is 0. The average Bonchev–Trinajstić information content (AvgIpc) is 2.83. The maximum atomic E-state index is 13.1. The van der Waals surface area contributed by atoms with Crippen LogP contribution in [0.5, 0.6) is 0 Å². The molecule has 6 nitrogen and oxygen atoms in total. The van der Waals surface area contributed by atoms with Crippen molar-refractivity contribution >= 4 is 58.8 Å². The van der Waals surface area contributed by atoms with Gasteiger partial charge in [-0.05, 0) is 61.7 Å². The quantitative estimate of drug-likeness (QED) is 0.278. The van der Waals surface area contributed by atoms with Gasteiger partial charge in [-0.25, -0.2) is 4.39 Å². The van der Waals surface area contributed by atoms with Gasteiger partial charge in [-0.1, -0.05) is 41.0 Å². The zero-order valence-electron chi connectivity index (χ0n) is 19.1. The first kappa shape index (κ1) is 27.0. The SMILES string of the molecule is CCOC(=O)CC(=O)NC1CCN(C(=O)C=Cc2ccc(Sc3ccc(F)cc3)c(Cl)c2Cl)CC1. The van der Waals surface area contributed by atoms with Gasteiger partial charge in [0.15, 0.2) is 0 Å². The summed E-state index contributed by atoms with van der Waals surface area (Å²) in [5, 5.41) is 3.50. The lowest BCUT2D eigenvalue weighted by Gasteiger charge is -2.31. The van der Waals surface area contributed by atoms with Crippen LogP contribution in [0.25, 0.3) is 6.08 Å². The Kier molecular flexibility index (Phi) is 10.0. The second kappa shape index (κ2) is 13.0. The van der Waals surface area contributed by atoms with Gasteiger partial charge in [-0.15, -0.1) is 0 Å². The normalized spacial score (nSPS) is 14.2. The number of ether oxygens (including phenoxy) is 1. The van der Waals surface area contributed by atoms with Crippen LogP contribution in [0.3, 0.4) is 0 Å². The second-order valence-electron chi connectivity index (χ2n) is 7.82. The molecule has 0 spiro atoms. The number of nitrogens with zero attached hydrogens (tertiary/aromatic N) is 1. The highest BCUT2D eigenvalue weighted by atomic mass is 35.5. The van der Waals surface area contributed by atoms with E-state index in [-0.39, 0.29) is 36.7 Å². The molecule has 0 aliphatic carbocycles. The van der Waals surface area contributed by atoms with Crippen molar-refractivity contribution in [3.05, 3.63) is 63.9 Å². The Hall–Kier alpha value is -2.55. The number of amides is 2. The maximum absolute atomic E-state index is 13.1. The van der Waals surface area contributed by atoms with Crippen molar-refractivity contribution in [2.75, 3.05) is 19.7 Å². The Morgan fingerprint density at radius 2 is 1.80 bits per heavy atom. The second-order valence-corrected chi connectivity index (χ2v) is 9.69. The number of hydrogen-bond acceptors (Lipinski definition) is 5. The lowest BCUT2D eigenvalue weighted by molar-refractivity contribution is -0.146. The molecule has 1 aliphatic heterocycles. The average molecular weight is 539 g/mol. The topological polar surface area (TPSA) is 75.7 Å². The Morgan fingerprint density at radius 1 is 1.11 bits per heavy atom. The molecule has 2 aromatic rings. The van der Waals surface area contributed by atoms with E-state index in [2.05, 4.69) is 5.32 Å². The van der Waals surface area contributed by atoms with E-state index >= 15 is 0 Å². The van der Waals surface area contributed by atoms with E-state index in [0.717, 1.165) is 9.79 Å². The smallest absolute Gasteiger partial charge is 0.315 e. The molecule has 3 rings (SSSR count). The predicted molar refractivity (Wildman–Crippen MR) is 135 cm³/mol. The summed E-state index contributed by atoms with van der Waals surface area (Å²) in [6.45, 7) is 2.88. The molecule has 2 aromatic carbocycles. The third kappa shape index (κ3) is 7.98. The summed E-state index contributed by atoms with van der Waals surface area (Å²) < 4.78 is 17.9. The van der Waals surface area contributed by atoms with Gasteiger partial charge in [-0.3, -0.25) is 14.4 Å². The number of halogens is 3. The van der Waals surface area contributed by atoms with Gasteiger partial charge in [0.2, 0.25) is 11.8 Å². The molecule has 2 amide bonds. The van der Waals surface area contributed by atoms with E-state index in [1.807, 2.05) is 0 Å². The number of hydrogen-bond donors (Lipinski definition) is 1. The van der Waals surface area contributed by atoms with E-state index in [4.69, 9.17) is 27.9 Å². The monoisotopic (exact) mass is 538 g/mol. The van der Waals surface area contributed by atoms with E-state index < -0.39 is 5.97 Å². The number of benzene rings is 2. The summed E-state index contributed by atoms with van der Waals surface area (Å²) >= 11 is 14.2. The van der Waals surface area contributed by atoms with E-state index in [0.29, 0.717) is 41.5 Å². The van der Waals surface area contributed by atoms with Gasteiger partial charge in [0, 0.05) is 35.0 Å². The van der Waals surface area contributed by atoms with Gasteiger partial charge >= 0.3 is 5.97 Å². The minimum atomic E-state index is -0.552. The fourth-order valence-electron chi connectivity index (χ4n) is 3.52. The molecule has 1 N–H and O–H groups in total. The highest BCUT2D eigenvalue weighted by Crippen LogP contribution is 2.39. The molecule has 0 unspecified atom stereocenters. The Balaban J connectivity index is 1.52. The third-order valence-corrected chi connectivity index (χ3v) is 7.38. The minimum absolute atomic E-state index is 0.0932. The van der Waals surface area contributed by atoms with Gasteiger partial charge in [0.25, 0.3) is 0 Å². The molecule has 0 atom stereocenters. The van der Waals surface area contributed by atoms with Crippen molar-refractivity contribution in [1.82, 2.24) is 10.2 Å². The van der Waals surface area contributed by atoms with E-state index in [1.165, 1.54) is 30.0 Å².